The van der Waals surface area contributed by atoms with Gasteiger partial charge >= 0.3 is 0 Å². The topological polar surface area (TPSA) is 56.1 Å². The molecule has 1 atom stereocenters. The van der Waals surface area contributed by atoms with Crippen molar-refractivity contribution in [3.05, 3.63) is 79.1 Å². The number of rotatable bonds is 6. The molecule has 1 aromatic carbocycles. The second-order valence-electron chi connectivity index (χ2n) is 7.22. The summed E-state index contributed by atoms with van der Waals surface area (Å²) in [6, 6.07) is 9.95. The fraction of sp³-hybridized carbons (Fsp3) is 0.227. The van der Waals surface area contributed by atoms with Gasteiger partial charge in [0.15, 0.2) is 13.6 Å². The van der Waals surface area contributed by atoms with Crippen LogP contribution in [0.5, 0.6) is 5.75 Å². The Morgan fingerprint density at radius 2 is 2.10 bits per heavy atom. The van der Waals surface area contributed by atoms with E-state index in [-0.39, 0.29) is 0 Å². The Kier molecular flexibility index (Phi) is 5.58. The van der Waals surface area contributed by atoms with Crippen molar-refractivity contribution < 1.29 is 4.74 Å². The van der Waals surface area contributed by atoms with Crippen LogP contribution in [0.4, 0.5) is 0 Å². The highest BCUT2D eigenvalue weighted by Gasteiger charge is 2.25. The van der Waals surface area contributed by atoms with Gasteiger partial charge in [-0.2, -0.15) is 5.10 Å². The predicted octanol–water partition coefficient (Wildman–Crippen LogP) is 3.17. The minimum atomic E-state index is 0.324. The first-order chi connectivity index (χ1) is 14.2. The first-order valence-corrected chi connectivity index (χ1v) is 9.79. The standard InChI is InChI=1S/C22H24BN5O/c1-3-17(10-9-16(2)29-19-7-5-4-6-8-19)21-20-13-24-15-25-22(20)28(26-21)18-11-12-27(23)14-18/h3-10,13,15,18H,2,11-12,14,23H2,1H3/b10-9-,17-3+. The smallest absolute Gasteiger partial charge is 0.185 e. The van der Waals surface area contributed by atoms with Gasteiger partial charge in [-0.1, -0.05) is 30.9 Å². The van der Waals surface area contributed by atoms with Crippen LogP contribution >= 0.6 is 0 Å². The summed E-state index contributed by atoms with van der Waals surface area (Å²) < 4.78 is 7.82. The molecule has 0 amide bonds. The van der Waals surface area contributed by atoms with E-state index in [0.717, 1.165) is 47.6 Å². The summed E-state index contributed by atoms with van der Waals surface area (Å²) in [5.41, 5.74) is 2.73. The van der Waals surface area contributed by atoms with Crippen molar-refractivity contribution in [2.24, 2.45) is 0 Å². The average Bonchev–Trinajstić information content (AvgIpc) is 3.33. The summed E-state index contributed by atoms with van der Waals surface area (Å²) in [7, 11) is 2.14. The lowest BCUT2D eigenvalue weighted by Crippen LogP contribution is -2.18. The molecule has 2 aromatic heterocycles. The van der Waals surface area contributed by atoms with E-state index in [1.54, 1.807) is 6.33 Å². The van der Waals surface area contributed by atoms with Gasteiger partial charge in [0, 0.05) is 12.7 Å². The maximum Gasteiger partial charge on any atom is 0.185 e. The number of para-hydroxylation sites is 1. The van der Waals surface area contributed by atoms with Crippen molar-refractivity contribution >= 4 is 24.6 Å². The Morgan fingerprint density at radius 3 is 2.83 bits per heavy atom. The molecule has 4 rings (SSSR count). The SMILES string of the molecule is BN1CCC(n2nc(C(/C=C\C(=C)Oc3ccccc3)=C/C)c3cncnc32)C1. The number of hydrogen-bond acceptors (Lipinski definition) is 5. The van der Waals surface area contributed by atoms with Crippen LogP contribution in [-0.2, 0) is 0 Å². The summed E-state index contributed by atoms with van der Waals surface area (Å²) in [6.07, 6.45) is 10.4. The first kappa shape index (κ1) is 19.1. The van der Waals surface area contributed by atoms with Gasteiger partial charge in [0.1, 0.15) is 23.5 Å². The molecular weight excluding hydrogens is 361 g/mol. The third kappa shape index (κ3) is 4.15. The second kappa shape index (κ2) is 8.45. The Morgan fingerprint density at radius 1 is 1.28 bits per heavy atom. The lowest BCUT2D eigenvalue weighted by molar-refractivity contribution is 0.447. The Bertz CT molecular complexity index is 1070. The van der Waals surface area contributed by atoms with Crippen LogP contribution in [0.2, 0.25) is 0 Å². The van der Waals surface area contributed by atoms with E-state index in [2.05, 4.69) is 34.0 Å². The summed E-state index contributed by atoms with van der Waals surface area (Å²) >= 11 is 0. The third-order valence-electron chi connectivity index (χ3n) is 5.11. The summed E-state index contributed by atoms with van der Waals surface area (Å²) in [6.45, 7) is 8.04. The Balaban J connectivity index is 1.61. The molecule has 1 fully saturated rings. The normalized spacial score (nSPS) is 18.0. The molecule has 0 aliphatic carbocycles. The number of allylic oxidation sites excluding steroid dienone is 4. The van der Waals surface area contributed by atoms with Gasteiger partial charge in [-0.05, 0) is 49.7 Å². The Hall–Kier alpha value is -3.19. The van der Waals surface area contributed by atoms with E-state index in [9.17, 15) is 0 Å². The fourth-order valence-electron chi connectivity index (χ4n) is 3.63. The van der Waals surface area contributed by atoms with Gasteiger partial charge in [-0.15, -0.1) is 0 Å². The second-order valence-corrected chi connectivity index (χ2v) is 7.22. The first-order valence-electron chi connectivity index (χ1n) is 9.79. The van der Waals surface area contributed by atoms with E-state index in [4.69, 9.17) is 9.84 Å². The van der Waals surface area contributed by atoms with Gasteiger partial charge in [0.05, 0.1) is 11.4 Å². The minimum absolute atomic E-state index is 0.324. The average molecular weight is 385 g/mol. The molecule has 1 saturated heterocycles. The van der Waals surface area contributed by atoms with Crippen LogP contribution in [0.3, 0.4) is 0 Å². The third-order valence-corrected chi connectivity index (χ3v) is 5.11. The number of benzene rings is 1. The highest BCUT2D eigenvalue weighted by molar-refractivity contribution is 6.04. The zero-order chi connectivity index (χ0) is 20.2. The highest BCUT2D eigenvalue weighted by Crippen LogP contribution is 2.29. The number of aromatic nitrogens is 4. The van der Waals surface area contributed by atoms with Gasteiger partial charge in [0.2, 0.25) is 0 Å². The molecule has 6 nitrogen and oxygen atoms in total. The molecule has 1 unspecified atom stereocenters. The van der Waals surface area contributed by atoms with E-state index >= 15 is 0 Å². The van der Waals surface area contributed by atoms with Crippen molar-refractivity contribution in [1.82, 2.24) is 24.6 Å². The minimum Gasteiger partial charge on any atom is -0.458 e. The van der Waals surface area contributed by atoms with Crippen molar-refractivity contribution in [2.75, 3.05) is 13.1 Å². The molecule has 0 saturated carbocycles. The van der Waals surface area contributed by atoms with Gasteiger partial charge in [-0.25, -0.2) is 14.6 Å². The fourth-order valence-corrected chi connectivity index (χ4v) is 3.63. The van der Waals surface area contributed by atoms with E-state index in [1.165, 1.54) is 0 Å². The predicted molar refractivity (Wildman–Crippen MR) is 118 cm³/mol. The molecule has 1 aliphatic heterocycles. The molecule has 29 heavy (non-hydrogen) atoms. The molecule has 0 radical (unpaired) electrons. The summed E-state index contributed by atoms with van der Waals surface area (Å²) in [5.74, 6) is 1.32. The molecular formula is C22H24BN5O. The summed E-state index contributed by atoms with van der Waals surface area (Å²) in [5, 5.41) is 5.89. The lowest BCUT2D eigenvalue weighted by Gasteiger charge is -2.11. The molecule has 1 aliphatic rings. The van der Waals surface area contributed by atoms with Crippen molar-refractivity contribution in [3.63, 3.8) is 0 Å². The zero-order valence-electron chi connectivity index (χ0n) is 16.8. The molecule has 3 heterocycles. The van der Waals surface area contributed by atoms with Crippen molar-refractivity contribution in [1.29, 1.82) is 0 Å². The Labute approximate surface area is 171 Å². The van der Waals surface area contributed by atoms with E-state index < -0.39 is 0 Å². The van der Waals surface area contributed by atoms with Gasteiger partial charge < -0.3 is 9.55 Å². The van der Waals surface area contributed by atoms with Crippen LogP contribution in [0.1, 0.15) is 25.1 Å². The summed E-state index contributed by atoms with van der Waals surface area (Å²) in [4.78, 5) is 11.1. The van der Waals surface area contributed by atoms with Crippen LogP contribution < -0.4 is 4.74 Å². The molecule has 0 N–H and O–H groups in total. The van der Waals surface area contributed by atoms with Gasteiger partial charge in [0.25, 0.3) is 0 Å². The van der Waals surface area contributed by atoms with Crippen LogP contribution in [-0.4, -0.2) is 45.6 Å². The monoisotopic (exact) mass is 385 g/mol. The number of fused-ring (bicyclic) bond motifs is 1. The van der Waals surface area contributed by atoms with E-state index in [1.807, 2.05) is 61.7 Å². The van der Waals surface area contributed by atoms with Crippen molar-refractivity contribution in [3.8, 4) is 5.75 Å². The zero-order valence-corrected chi connectivity index (χ0v) is 16.8. The molecule has 0 bridgehead atoms. The number of ether oxygens (including phenoxy) is 1. The maximum absolute atomic E-state index is 5.77. The van der Waals surface area contributed by atoms with Crippen LogP contribution in [0.25, 0.3) is 16.6 Å². The molecule has 0 spiro atoms. The maximum atomic E-state index is 5.77. The largest absolute Gasteiger partial charge is 0.458 e. The lowest BCUT2D eigenvalue weighted by atomic mass is 10.1. The van der Waals surface area contributed by atoms with Crippen LogP contribution in [0.15, 0.2) is 73.4 Å². The molecule has 3 aromatic rings. The molecule has 7 heteroatoms. The number of hydrogen-bond donors (Lipinski definition) is 0. The van der Waals surface area contributed by atoms with Crippen LogP contribution in [0, 0.1) is 0 Å². The van der Waals surface area contributed by atoms with E-state index in [0.29, 0.717) is 11.8 Å². The van der Waals surface area contributed by atoms with Crippen molar-refractivity contribution in [2.45, 2.75) is 19.4 Å². The quantitative estimate of drug-likeness (QED) is 0.371. The van der Waals surface area contributed by atoms with Gasteiger partial charge in [-0.3, -0.25) is 0 Å². The molecule has 146 valence electrons. The highest BCUT2D eigenvalue weighted by atomic mass is 16.5. The number of nitrogens with zero attached hydrogens (tertiary/aromatic N) is 5.